The van der Waals surface area contributed by atoms with Crippen LogP contribution in [0.25, 0.3) is 0 Å². The molecule has 5 fully saturated rings. The van der Waals surface area contributed by atoms with E-state index in [0.29, 0.717) is 23.5 Å². The van der Waals surface area contributed by atoms with Gasteiger partial charge < -0.3 is 13.9 Å². The van der Waals surface area contributed by atoms with Crippen LogP contribution in [0, 0.1) is 34.5 Å². The third-order valence-corrected chi connectivity index (χ3v) is 16.0. The molecule has 1 saturated heterocycles. The van der Waals surface area contributed by atoms with Gasteiger partial charge in [0.15, 0.2) is 14.1 Å². The van der Waals surface area contributed by atoms with Crippen molar-refractivity contribution in [2.45, 2.75) is 116 Å². The van der Waals surface area contributed by atoms with E-state index in [0.717, 1.165) is 51.7 Å². The molecule has 1 aliphatic heterocycles. The molecule has 5 heteroatoms. The smallest absolute Gasteiger partial charge is 0.192 e. The molecule has 182 valence electrons. The number of fused-ring (bicyclic) bond motifs is 6. The summed E-state index contributed by atoms with van der Waals surface area (Å²) in [7, 11) is -1.82. The van der Waals surface area contributed by atoms with E-state index in [1.165, 1.54) is 12.8 Å². The third-order valence-electron chi connectivity index (χ3n) is 11.5. The van der Waals surface area contributed by atoms with Crippen LogP contribution in [0.4, 0.5) is 0 Å². The van der Waals surface area contributed by atoms with Crippen LogP contribution in [0.1, 0.15) is 86.0 Å². The Morgan fingerprint density at radius 2 is 1.62 bits per heavy atom. The molecule has 0 aromatic rings. The van der Waals surface area contributed by atoms with Gasteiger partial charge in [0.2, 0.25) is 0 Å². The summed E-state index contributed by atoms with van der Waals surface area (Å²) in [5, 5.41) is 0.214. The van der Waals surface area contributed by atoms with E-state index in [4.69, 9.17) is 13.9 Å². The van der Waals surface area contributed by atoms with E-state index in [1.807, 2.05) is 0 Å². The normalized spacial score (nSPS) is 46.1. The highest BCUT2D eigenvalue weighted by Gasteiger charge is 2.68. The summed E-state index contributed by atoms with van der Waals surface area (Å²) in [5.41, 5.74) is 0.207. The zero-order chi connectivity index (χ0) is 23.2. The third kappa shape index (κ3) is 3.20. The fourth-order valence-electron chi connectivity index (χ4n) is 8.59. The average molecular weight is 463 g/mol. The van der Waals surface area contributed by atoms with Gasteiger partial charge in [0, 0.05) is 30.3 Å². The first-order valence-corrected chi connectivity index (χ1v) is 16.2. The fraction of sp³-hybridized carbons (Fsp3) is 0.963. The molecular formula is C27H46O4Si. The molecule has 5 aliphatic rings. The van der Waals surface area contributed by atoms with Crippen LogP contribution in [-0.2, 0) is 18.7 Å². The number of Topliss-reactive ketones (excluding diaryl/α,β-unsaturated/α-hetero) is 1. The van der Waals surface area contributed by atoms with Crippen molar-refractivity contribution >= 4 is 14.1 Å². The summed E-state index contributed by atoms with van der Waals surface area (Å²) in [6.07, 6.45) is 8.81. The summed E-state index contributed by atoms with van der Waals surface area (Å²) in [5.74, 6) is 2.06. The maximum absolute atomic E-state index is 13.7. The van der Waals surface area contributed by atoms with E-state index < -0.39 is 8.32 Å². The van der Waals surface area contributed by atoms with Gasteiger partial charge >= 0.3 is 0 Å². The molecular weight excluding hydrogens is 416 g/mol. The first-order valence-electron chi connectivity index (χ1n) is 13.3. The highest BCUT2D eigenvalue weighted by Crippen LogP contribution is 2.69. The van der Waals surface area contributed by atoms with E-state index >= 15 is 0 Å². The molecule has 7 atom stereocenters. The van der Waals surface area contributed by atoms with Gasteiger partial charge in [0.25, 0.3) is 0 Å². The van der Waals surface area contributed by atoms with Crippen molar-refractivity contribution in [3.63, 3.8) is 0 Å². The van der Waals surface area contributed by atoms with Crippen LogP contribution in [-0.4, -0.2) is 39.2 Å². The predicted molar refractivity (Wildman–Crippen MR) is 129 cm³/mol. The van der Waals surface area contributed by atoms with Crippen LogP contribution >= 0.6 is 0 Å². The second-order valence-electron chi connectivity index (χ2n) is 13.8. The van der Waals surface area contributed by atoms with Gasteiger partial charge in [-0.25, -0.2) is 0 Å². The summed E-state index contributed by atoms with van der Waals surface area (Å²) in [4.78, 5) is 13.7. The van der Waals surface area contributed by atoms with Crippen LogP contribution in [0.5, 0.6) is 0 Å². The number of rotatable bonds is 2. The van der Waals surface area contributed by atoms with Crippen molar-refractivity contribution in [1.82, 2.24) is 0 Å². The molecule has 0 bridgehead atoms. The molecule has 0 unspecified atom stereocenters. The Bertz CT molecular complexity index is 766. The lowest BCUT2D eigenvalue weighted by Gasteiger charge is -2.61. The van der Waals surface area contributed by atoms with Crippen molar-refractivity contribution < 1.29 is 18.7 Å². The van der Waals surface area contributed by atoms with Crippen LogP contribution in [0.2, 0.25) is 18.1 Å². The summed E-state index contributed by atoms with van der Waals surface area (Å²) < 4.78 is 19.4. The molecule has 0 radical (unpaired) electrons. The predicted octanol–water partition coefficient (Wildman–Crippen LogP) is 6.34. The molecule has 4 aliphatic carbocycles. The number of carbonyl (C=O) groups is 1. The number of hydrogen-bond acceptors (Lipinski definition) is 4. The number of ether oxygens (including phenoxy) is 2. The molecule has 4 nitrogen and oxygen atoms in total. The van der Waals surface area contributed by atoms with E-state index in [1.54, 1.807) is 0 Å². The molecule has 4 saturated carbocycles. The van der Waals surface area contributed by atoms with Crippen molar-refractivity contribution in [3.8, 4) is 0 Å². The minimum Gasteiger partial charge on any atom is -0.414 e. The van der Waals surface area contributed by atoms with Gasteiger partial charge in [-0.2, -0.15) is 0 Å². The zero-order valence-electron chi connectivity index (χ0n) is 21.6. The average Bonchev–Trinajstić information content (AvgIpc) is 3.28. The Kier molecular flexibility index (Phi) is 5.42. The SMILES string of the molecule is CC(C)(C)[Si](C)(C)O[C@H]1CC[C@@]2(C)[C@H](C1)C(=O)C[C@@H]1[C@@H]2CC[C@@]2(C)[C@H]1CCC21OCCO1. The molecule has 1 heterocycles. The molecule has 0 aromatic heterocycles. The van der Waals surface area contributed by atoms with Gasteiger partial charge in [0.05, 0.1) is 13.2 Å². The maximum Gasteiger partial charge on any atom is 0.192 e. The van der Waals surface area contributed by atoms with Gasteiger partial charge in [0.1, 0.15) is 5.78 Å². The molecule has 0 amide bonds. The van der Waals surface area contributed by atoms with Crippen LogP contribution < -0.4 is 0 Å². The van der Waals surface area contributed by atoms with E-state index in [2.05, 4.69) is 47.7 Å². The molecule has 5 rings (SSSR count). The molecule has 1 spiro atoms. The lowest BCUT2D eigenvalue weighted by atomic mass is 9.44. The minimum absolute atomic E-state index is 0.0663. The van der Waals surface area contributed by atoms with Crippen LogP contribution in [0.3, 0.4) is 0 Å². The summed E-state index contributed by atoms with van der Waals surface area (Å²) in [6.45, 7) is 18.0. The topological polar surface area (TPSA) is 44.8 Å². The molecule has 0 aromatic carbocycles. The lowest BCUT2D eigenvalue weighted by molar-refractivity contribution is -0.246. The number of carbonyl (C=O) groups excluding carboxylic acids is 1. The number of hydrogen-bond donors (Lipinski definition) is 0. The minimum atomic E-state index is -1.82. The van der Waals surface area contributed by atoms with Crippen molar-refractivity contribution in [3.05, 3.63) is 0 Å². The Morgan fingerprint density at radius 1 is 0.969 bits per heavy atom. The van der Waals surface area contributed by atoms with Gasteiger partial charge in [-0.05, 0) is 79.8 Å². The molecule has 32 heavy (non-hydrogen) atoms. The van der Waals surface area contributed by atoms with Gasteiger partial charge in [-0.3, -0.25) is 4.79 Å². The second-order valence-corrected chi connectivity index (χ2v) is 18.6. The van der Waals surface area contributed by atoms with Crippen molar-refractivity contribution in [1.29, 1.82) is 0 Å². The fourth-order valence-corrected chi connectivity index (χ4v) is 9.99. The second kappa shape index (κ2) is 7.38. The van der Waals surface area contributed by atoms with Gasteiger partial charge in [-0.1, -0.05) is 34.6 Å². The maximum atomic E-state index is 13.7. The molecule has 0 N–H and O–H groups in total. The van der Waals surface area contributed by atoms with E-state index in [9.17, 15) is 4.79 Å². The lowest BCUT2D eigenvalue weighted by Crippen LogP contribution is -2.59. The summed E-state index contributed by atoms with van der Waals surface area (Å²) in [6, 6.07) is 0. The quantitative estimate of drug-likeness (QED) is 0.449. The van der Waals surface area contributed by atoms with Crippen LogP contribution in [0.15, 0.2) is 0 Å². The Hall–Kier alpha value is -0.233. The first-order chi connectivity index (χ1) is 14.8. The number of ketones is 1. The Balaban J connectivity index is 1.36. The zero-order valence-corrected chi connectivity index (χ0v) is 22.6. The van der Waals surface area contributed by atoms with E-state index in [-0.39, 0.29) is 33.7 Å². The van der Waals surface area contributed by atoms with Crippen molar-refractivity contribution in [2.24, 2.45) is 34.5 Å². The Labute approximate surface area is 196 Å². The summed E-state index contributed by atoms with van der Waals surface area (Å²) >= 11 is 0. The van der Waals surface area contributed by atoms with Gasteiger partial charge in [-0.15, -0.1) is 0 Å². The highest BCUT2D eigenvalue weighted by atomic mass is 28.4. The monoisotopic (exact) mass is 462 g/mol. The standard InChI is InChI=1S/C27H46O4Si/c1-24(2,3)32(6,7)31-18-8-11-25(4)20-9-12-26(5)21(10-13-27(26)29-14-15-30-27)19(20)17-23(28)22(25)16-18/h18-22H,8-17H2,1-7H3/t18-,19+,20-,21-,22+,25+,26-/m0/s1. The largest absolute Gasteiger partial charge is 0.414 e. The first kappa shape index (κ1) is 23.5. The highest BCUT2D eigenvalue weighted by molar-refractivity contribution is 6.74. The Morgan fingerprint density at radius 3 is 2.28 bits per heavy atom. The van der Waals surface area contributed by atoms with Crippen molar-refractivity contribution in [2.75, 3.05) is 13.2 Å².